The maximum atomic E-state index is 9.75. The predicted molar refractivity (Wildman–Crippen MR) is 139 cm³/mol. The van der Waals surface area contributed by atoms with Gasteiger partial charge in [-0.25, -0.2) is 4.68 Å². The van der Waals surface area contributed by atoms with Gasteiger partial charge in [0.2, 0.25) is 11.8 Å². The van der Waals surface area contributed by atoms with Crippen molar-refractivity contribution in [3.05, 3.63) is 34.9 Å². The van der Waals surface area contributed by atoms with Crippen molar-refractivity contribution in [1.29, 1.82) is 0 Å². The molecule has 2 aliphatic rings. The van der Waals surface area contributed by atoms with Crippen molar-refractivity contribution in [2.75, 3.05) is 26.4 Å². The monoisotopic (exact) mass is 504 g/mol. The summed E-state index contributed by atoms with van der Waals surface area (Å²) in [5, 5.41) is 27.7. The molecule has 0 saturated carbocycles. The summed E-state index contributed by atoms with van der Waals surface area (Å²) in [4.78, 5) is 7.15. The summed E-state index contributed by atoms with van der Waals surface area (Å²) >= 11 is 0. The molecule has 4 aromatic rings. The average Bonchev–Trinajstić information content (AvgIpc) is 3.63. The summed E-state index contributed by atoms with van der Waals surface area (Å²) in [5.41, 5.74) is 6.13. The van der Waals surface area contributed by atoms with Gasteiger partial charge in [-0.3, -0.25) is 19.7 Å². The SMILES string of the molecule is CCOc1nn(CCO)c2c1/C=C/c1n[nH]c3cnc(cc13)-c1c(C)nn(C)c1OC[C@H]1CCCN1C2. The standard InChI is InChI=1S/C26H32N8O3/c1-4-36-25-18-7-8-20-19-12-21(27-13-22(19)29-28-20)24-16(2)30-32(3)26(24)37-15-17-6-5-9-33(17)14-23(18)34(31-25)10-11-35/h7-8,12-13,17,35H,4-6,9-11,14-15H2,1-3H3,(H,28,29)/b8-7+/t17-/m1/s1. The molecule has 37 heavy (non-hydrogen) atoms. The van der Waals surface area contributed by atoms with Crippen LogP contribution in [0.2, 0.25) is 0 Å². The molecule has 0 unspecified atom stereocenters. The van der Waals surface area contributed by atoms with Gasteiger partial charge in [0.25, 0.3) is 0 Å². The van der Waals surface area contributed by atoms with Gasteiger partial charge >= 0.3 is 0 Å². The van der Waals surface area contributed by atoms with Gasteiger partial charge in [-0.05, 0) is 51.5 Å². The van der Waals surface area contributed by atoms with E-state index >= 15 is 0 Å². The molecule has 6 heterocycles. The van der Waals surface area contributed by atoms with Gasteiger partial charge in [0.05, 0.1) is 65.4 Å². The molecule has 6 rings (SSSR count). The Morgan fingerprint density at radius 3 is 3.00 bits per heavy atom. The molecule has 0 aromatic carbocycles. The third-order valence-electron chi connectivity index (χ3n) is 7.23. The quantitative estimate of drug-likeness (QED) is 0.436. The molecule has 2 aliphatic heterocycles. The number of aromatic amines is 1. The Hall–Kier alpha value is -3.70. The van der Waals surface area contributed by atoms with Crippen LogP contribution in [-0.4, -0.2) is 77.2 Å². The second-order valence-corrected chi connectivity index (χ2v) is 9.57. The normalized spacial score (nSPS) is 18.6. The van der Waals surface area contributed by atoms with E-state index in [2.05, 4.69) is 20.2 Å². The van der Waals surface area contributed by atoms with Gasteiger partial charge < -0.3 is 14.6 Å². The highest BCUT2D eigenvalue weighted by atomic mass is 16.5. The van der Waals surface area contributed by atoms with Crippen molar-refractivity contribution in [2.45, 2.75) is 45.8 Å². The van der Waals surface area contributed by atoms with Gasteiger partial charge in [-0.1, -0.05) is 0 Å². The zero-order chi connectivity index (χ0) is 25.5. The van der Waals surface area contributed by atoms with Crippen LogP contribution < -0.4 is 9.47 Å². The molecule has 2 N–H and O–H groups in total. The van der Waals surface area contributed by atoms with Gasteiger partial charge in [0.15, 0.2) is 0 Å². The Morgan fingerprint density at radius 1 is 1.27 bits per heavy atom. The van der Waals surface area contributed by atoms with Crippen LogP contribution in [-0.2, 0) is 20.1 Å². The highest BCUT2D eigenvalue weighted by Gasteiger charge is 2.30. The fourth-order valence-corrected chi connectivity index (χ4v) is 5.46. The molecular formula is C26H32N8O3. The lowest BCUT2D eigenvalue weighted by atomic mass is 10.1. The second kappa shape index (κ2) is 9.64. The number of aryl methyl sites for hydroxylation is 2. The molecule has 0 spiro atoms. The Bertz CT molecular complexity index is 1470. The summed E-state index contributed by atoms with van der Waals surface area (Å²) in [6.07, 6.45) is 7.96. The maximum Gasteiger partial charge on any atom is 0.240 e. The maximum absolute atomic E-state index is 9.75. The molecule has 2 bridgehead atoms. The zero-order valence-electron chi connectivity index (χ0n) is 21.4. The van der Waals surface area contributed by atoms with Crippen molar-refractivity contribution in [3.8, 4) is 23.0 Å². The summed E-state index contributed by atoms with van der Waals surface area (Å²) < 4.78 is 16.1. The number of aromatic nitrogens is 7. The molecule has 11 heteroatoms. The van der Waals surface area contributed by atoms with Gasteiger partial charge in [0, 0.05) is 25.0 Å². The van der Waals surface area contributed by atoms with Crippen LogP contribution >= 0.6 is 0 Å². The van der Waals surface area contributed by atoms with E-state index in [-0.39, 0.29) is 12.6 Å². The smallest absolute Gasteiger partial charge is 0.240 e. The van der Waals surface area contributed by atoms with Crippen LogP contribution in [0.1, 0.15) is 42.4 Å². The number of ether oxygens (including phenoxy) is 2. The Labute approximate surface area is 214 Å². The van der Waals surface area contributed by atoms with Crippen LogP contribution in [0.3, 0.4) is 0 Å². The number of hydrogen-bond acceptors (Lipinski definition) is 8. The lowest BCUT2D eigenvalue weighted by Crippen LogP contribution is -2.35. The zero-order valence-corrected chi connectivity index (χ0v) is 21.4. The number of H-pyrrole nitrogens is 1. The first-order valence-electron chi connectivity index (χ1n) is 12.8. The minimum Gasteiger partial charge on any atom is -0.476 e. The first kappa shape index (κ1) is 23.7. The van der Waals surface area contributed by atoms with Gasteiger partial charge in [0.1, 0.15) is 6.61 Å². The van der Waals surface area contributed by atoms with E-state index in [9.17, 15) is 5.11 Å². The van der Waals surface area contributed by atoms with Crippen molar-refractivity contribution in [2.24, 2.45) is 7.05 Å². The minimum absolute atomic E-state index is 0.00165. The van der Waals surface area contributed by atoms with E-state index in [0.717, 1.165) is 70.1 Å². The first-order chi connectivity index (χ1) is 18.1. The van der Waals surface area contributed by atoms with Crippen molar-refractivity contribution in [3.63, 3.8) is 0 Å². The van der Waals surface area contributed by atoms with E-state index in [1.54, 1.807) is 10.9 Å². The van der Waals surface area contributed by atoms with Crippen LogP contribution in [0.4, 0.5) is 0 Å². The molecule has 0 radical (unpaired) electrons. The third-order valence-corrected chi connectivity index (χ3v) is 7.23. The largest absolute Gasteiger partial charge is 0.476 e. The number of fused-ring (bicyclic) bond motifs is 5. The number of aliphatic hydroxyl groups is 1. The fraction of sp³-hybridized carbons (Fsp3) is 0.462. The van der Waals surface area contributed by atoms with Crippen LogP contribution in [0, 0.1) is 6.92 Å². The molecule has 1 atom stereocenters. The van der Waals surface area contributed by atoms with Gasteiger partial charge in [-0.2, -0.15) is 10.2 Å². The molecule has 1 fully saturated rings. The fourth-order valence-electron chi connectivity index (χ4n) is 5.46. The van der Waals surface area contributed by atoms with E-state index in [1.807, 2.05) is 43.8 Å². The Morgan fingerprint density at radius 2 is 2.16 bits per heavy atom. The summed E-state index contributed by atoms with van der Waals surface area (Å²) in [7, 11) is 1.91. The molecule has 0 aliphatic carbocycles. The van der Waals surface area contributed by atoms with Crippen molar-refractivity contribution in [1.82, 2.24) is 39.6 Å². The third kappa shape index (κ3) is 4.17. The van der Waals surface area contributed by atoms with Crippen LogP contribution in [0.15, 0.2) is 12.3 Å². The number of pyridine rings is 1. The van der Waals surface area contributed by atoms with E-state index in [0.29, 0.717) is 32.2 Å². The molecule has 11 nitrogen and oxygen atoms in total. The van der Waals surface area contributed by atoms with Crippen molar-refractivity contribution >= 4 is 23.1 Å². The minimum atomic E-state index is -0.00165. The summed E-state index contributed by atoms with van der Waals surface area (Å²) in [6.45, 7) is 7.02. The van der Waals surface area contributed by atoms with Crippen LogP contribution in [0.25, 0.3) is 34.3 Å². The topological polar surface area (TPSA) is 119 Å². The molecule has 194 valence electrons. The van der Waals surface area contributed by atoms with Gasteiger partial charge in [-0.15, -0.1) is 5.10 Å². The summed E-state index contributed by atoms with van der Waals surface area (Å²) in [6, 6.07) is 2.28. The number of rotatable bonds is 4. The summed E-state index contributed by atoms with van der Waals surface area (Å²) in [5.74, 6) is 1.28. The van der Waals surface area contributed by atoms with Crippen LogP contribution in [0.5, 0.6) is 11.8 Å². The Balaban J connectivity index is 1.54. The first-order valence-corrected chi connectivity index (χ1v) is 12.8. The molecule has 4 aromatic heterocycles. The number of hydrogen-bond donors (Lipinski definition) is 2. The second-order valence-electron chi connectivity index (χ2n) is 9.57. The lowest BCUT2D eigenvalue weighted by Gasteiger charge is -2.25. The average molecular weight is 505 g/mol. The number of nitrogens with one attached hydrogen (secondary N) is 1. The number of nitrogens with zero attached hydrogens (tertiary/aromatic N) is 7. The molecule has 1 saturated heterocycles. The number of aliphatic hydroxyl groups excluding tert-OH is 1. The van der Waals surface area contributed by atoms with Crippen molar-refractivity contribution < 1.29 is 14.6 Å². The lowest BCUT2D eigenvalue weighted by molar-refractivity contribution is 0.156. The highest BCUT2D eigenvalue weighted by Crippen LogP contribution is 2.35. The predicted octanol–water partition coefficient (Wildman–Crippen LogP) is 2.78. The van der Waals surface area contributed by atoms with E-state index in [4.69, 9.17) is 19.6 Å². The highest BCUT2D eigenvalue weighted by molar-refractivity contribution is 5.92. The van der Waals surface area contributed by atoms with E-state index in [1.165, 1.54) is 0 Å². The molecular weight excluding hydrogens is 472 g/mol. The molecule has 0 amide bonds. The Kier molecular flexibility index (Phi) is 6.17. The van der Waals surface area contributed by atoms with E-state index < -0.39 is 0 Å².